The zero-order valence-electron chi connectivity index (χ0n) is 12.7. The van der Waals surface area contributed by atoms with Crippen LogP contribution in [0.25, 0.3) is 11.1 Å². The SMILES string of the molecule is FC(F)(F)c1ccc(C=Nc2ccccc2-c2ccccc2)cc1. The quantitative estimate of drug-likeness (QED) is 0.514. The third kappa shape index (κ3) is 3.71. The lowest BCUT2D eigenvalue weighted by molar-refractivity contribution is -0.137. The van der Waals surface area contributed by atoms with E-state index in [2.05, 4.69) is 4.99 Å². The van der Waals surface area contributed by atoms with E-state index in [1.807, 2.05) is 54.6 Å². The largest absolute Gasteiger partial charge is 0.416 e. The molecule has 1 nitrogen and oxygen atoms in total. The maximum absolute atomic E-state index is 12.6. The molecule has 0 bridgehead atoms. The van der Waals surface area contributed by atoms with E-state index in [1.165, 1.54) is 12.1 Å². The fourth-order valence-electron chi connectivity index (χ4n) is 2.35. The van der Waals surface area contributed by atoms with E-state index in [0.29, 0.717) is 5.56 Å². The maximum Gasteiger partial charge on any atom is 0.416 e. The first-order valence-electron chi connectivity index (χ1n) is 7.40. The van der Waals surface area contributed by atoms with Crippen molar-refractivity contribution < 1.29 is 13.2 Å². The minimum atomic E-state index is -4.32. The minimum Gasteiger partial charge on any atom is -0.256 e. The highest BCUT2D eigenvalue weighted by Gasteiger charge is 2.29. The van der Waals surface area contributed by atoms with E-state index in [-0.39, 0.29) is 0 Å². The van der Waals surface area contributed by atoms with Gasteiger partial charge in [-0.1, -0.05) is 60.7 Å². The Morgan fingerprint density at radius 3 is 2.00 bits per heavy atom. The molecule has 0 heterocycles. The first-order chi connectivity index (χ1) is 11.5. The van der Waals surface area contributed by atoms with Gasteiger partial charge in [-0.3, -0.25) is 4.99 Å². The van der Waals surface area contributed by atoms with Crippen LogP contribution in [0.4, 0.5) is 18.9 Å². The van der Waals surface area contributed by atoms with E-state index in [4.69, 9.17) is 0 Å². The van der Waals surface area contributed by atoms with Crippen molar-refractivity contribution in [1.82, 2.24) is 0 Å². The lowest BCUT2D eigenvalue weighted by Gasteiger charge is -2.07. The van der Waals surface area contributed by atoms with Gasteiger partial charge in [0.15, 0.2) is 0 Å². The molecule has 3 aromatic carbocycles. The van der Waals surface area contributed by atoms with Crippen LogP contribution < -0.4 is 0 Å². The second-order valence-electron chi connectivity index (χ2n) is 5.26. The normalized spacial score (nSPS) is 11.8. The van der Waals surface area contributed by atoms with Gasteiger partial charge >= 0.3 is 6.18 Å². The minimum absolute atomic E-state index is 0.617. The van der Waals surface area contributed by atoms with Crippen LogP contribution >= 0.6 is 0 Å². The molecule has 0 aliphatic carbocycles. The number of hydrogen-bond donors (Lipinski definition) is 0. The Kier molecular flexibility index (Phi) is 4.47. The molecule has 4 heteroatoms. The van der Waals surface area contributed by atoms with Crippen molar-refractivity contribution >= 4 is 11.9 Å². The molecule has 0 saturated carbocycles. The Hall–Kier alpha value is -2.88. The van der Waals surface area contributed by atoms with Gasteiger partial charge in [-0.05, 0) is 29.3 Å². The number of alkyl halides is 3. The number of hydrogen-bond acceptors (Lipinski definition) is 1. The monoisotopic (exact) mass is 325 g/mol. The zero-order chi connectivity index (χ0) is 17.0. The fraction of sp³-hybridized carbons (Fsp3) is 0.0500. The van der Waals surface area contributed by atoms with Gasteiger partial charge in [0.2, 0.25) is 0 Å². The van der Waals surface area contributed by atoms with Crippen LogP contribution in [-0.4, -0.2) is 6.21 Å². The first-order valence-corrected chi connectivity index (χ1v) is 7.40. The Balaban J connectivity index is 1.88. The summed E-state index contributed by atoms with van der Waals surface area (Å²) in [5, 5.41) is 0. The number of nitrogens with zero attached hydrogens (tertiary/aromatic N) is 1. The van der Waals surface area contributed by atoms with E-state index >= 15 is 0 Å². The molecule has 0 amide bonds. The lowest BCUT2D eigenvalue weighted by atomic mass is 10.0. The maximum atomic E-state index is 12.6. The number of aliphatic imine (C=N–C) groups is 1. The molecule has 0 fully saturated rings. The summed E-state index contributed by atoms with van der Waals surface area (Å²) in [5.41, 5.74) is 2.73. The average Bonchev–Trinajstić information content (AvgIpc) is 2.60. The van der Waals surface area contributed by atoms with Gasteiger partial charge in [-0.2, -0.15) is 13.2 Å². The van der Waals surface area contributed by atoms with Crippen molar-refractivity contribution in [1.29, 1.82) is 0 Å². The molecule has 0 radical (unpaired) electrons. The summed E-state index contributed by atoms with van der Waals surface area (Å²) in [6, 6.07) is 22.4. The third-order valence-corrected chi connectivity index (χ3v) is 3.58. The molecule has 0 atom stereocenters. The summed E-state index contributed by atoms with van der Waals surface area (Å²) in [4.78, 5) is 4.44. The van der Waals surface area contributed by atoms with Crippen molar-refractivity contribution in [3.05, 3.63) is 90.0 Å². The average molecular weight is 325 g/mol. The zero-order valence-corrected chi connectivity index (χ0v) is 12.7. The van der Waals surface area contributed by atoms with E-state index < -0.39 is 11.7 Å². The van der Waals surface area contributed by atoms with E-state index in [1.54, 1.807) is 6.21 Å². The summed E-state index contributed by atoms with van der Waals surface area (Å²) in [5.74, 6) is 0. The van der Waals surface area contributed by atoms with Gasteiger partial charge in [-0.15, -0.1) is 0 Å². The molecule has 0 aliphatic rings. The summed E-state index contributed by atoms with van der Waals surface area (Å²) in [6.45, 7) is 0. The molecule has 3 rings (SSSR count). The van der Waals surface area contributed by atoms with Crippen LogP contribution in [0.15, 0.2) is 83.9 Å². The van der Waals surface area contributed by atoms with E-state index in [0.717, 1.165) is 28.9 Å². The summed E-state index contributed by atoms with van der Waals surface area (Å²) in [6.07, 6.45) is -2.75. The van der Waals surface area contributed by atoms with Gasteiger partial charge in [0.25, 0.3) is 0 Å². The van der Waals surface area contributed by atoms with Crippen LogP contribution in [0.1, 0.15) is 11.1 Å². The number of para-hydroxylation sites is 1. The van der Waals surface area contributed by atoms with Gasteiger partial charge in [0.05, 0.1) is 11.3 Å². The highest BCUT2D eigenvalue weighted by atomic mass is 19.4. The highest BCUT2D eigenvalue weighted by molar-refractivity contribution is 5.85. The first kappa shape index (κ1) is 16.0. The molecule has 0 spiro atoms. The fourth-order valence-corrected chi connectivity index (χ4v) is 2.35. The van der Waals surface area contributed by atoms with Gasteiger partial charge < -0.3 is 0 Å². The Labute approximate surface area is 138 Å². The third-order valence-electron chi connectivity index (χ3n) is 3.58. The van der Waals surface area contributed by atoms with Crippen molar-refractivity contribution in [3.63, 3.8) is 0 Å². The molecular weight excluding hydrogens is 311 g/mol. The van der Waals surface area contributed by atoms with Crippen LogP contribution in [0, 0.1) is 0 Å². The second kappa shape index (κ2) is 6.71. The molecule has 120 valence electrons. The standard InChI is InChI=1S/C20H14F3N/c21-20(22,23)17-12-10-15(11-13-17)14-24-19-9-5-4-8-18(19)16-6-2-1-3-7-16/h1-14H. The van der Waals surface area contributed by atoms with Crippen molar-refractivity contribution in [3.8, 4) is 11.1 Å². The Morgan fingerprint density at radius 1 is 0.708 bits per heavy atom. The molecule has 24 heavy (non-hydrogen) atoms. The Bertz CT molecular complexity index is 835. The van der Waals surface area contributed by atoms with Gasteiger partial charge in [-0.25, -0.2) is 0 Å². The highest BCUT2D eigenvalue weighted by Crippen LogP contribution is 2.30. The number of halogens is 3. The topological polar surface area (TPSA) is 12.4 Å². The summed E-state index contributed by atoms with van der Waals surface area (Å²) >= 11 is 0. The number of rotatable bonds is 3. The van der Waals surface area contributed by atoms with E-state index in [9.17, 15) is 13.2 Å². The lowest BCUT2D eigenvalue weighted by Crippen LogP contribution is -2.04. The molecule has 0 N–H and O–H groups in total. The van der Waals surface area contributed by atoms with Gasteiger partial charge in [0.1, 0.15) is 0 Å². The van der Waals surface area contributed by atoms with Crippen molar-refractivity contribution in [2.24, 2.45) is 4.99 Å². The molecule has 0 aliphatic heterocycles. The molecule has 0 aromatic heterocycles. The van der Waals surface area contributed by atoms with Crippen LogP contribution in [0.2, 0.25) is 0 Å². The molecule has 0 saturated heterocycles. The van der Waals surface area contributed by atoms with Crippen LogP contribution in [-0.2, 0) is 6.18 Å². The second-order valence-corrected chi connectivity index (χ2v) is 5.26. The summed E-state index contributed by atoms with van der Waals surface area (Å²) < 4.78 is 37.7. The predicted octanol–water partition coefficient (Wildman–Crippen LogP) is 6.12. The van der Waals surface area contributed by atoms with Crippen molar-refractivity contribution in [2.45, 2.75) is 6.18 Å². The number of benzene rings is 3. The molecule has 0 unspecified atom stereocenters. The predicted molar refractivity (Wildman–Crippen MR) is 90.6 cm³/mol. The molecule has 3 aromatic rings. The smallest absolute Gasteiger partial charge is 0.256 e. The Morgan fingerprint density at radius 2 is 1.33 bits per heavy atom. The van der Waals surface area contributed by atoms with Gasteiger partial charge in [0, 0.05) is 11.8 Å². The summed E-state index contributed by atoms with van der Waals surface area (Å²) in [7, 11) is 0. The van der Waals surface area contributed by atoms with Crippen molar-refractivity contribution in [2.75, 3.05) is 0 Å². The molecular formula is C20H14F3N. The van der Waals surface area contributed by atoms with Crippen LogP contribution in [0.3, 0.4) is 0 Å². The van der Waals surface area contributed by atoms with Crippen LogP contribution in [0.5, 0.6) is 0 Å².